The van der Waals surface area contributed by atoms with Gasteiger partial charge in [-0.1, -0.05) is 25.6 Å². The molecular formula is C19H18N4O4. The lowest BCUT2D eigenvalue weighted by molar-refractivity contribution is -0.113. The van der Waals surface area contributed by atoms with Gasteiger partial charge in [-0.05, 0) is 12.1 Å². The fourth-order valence-electron chi connectivity index (χ4n) is 2.65. The minimum absolute atomic E-state index is 0.0388. The summed E-state index contributed by atoms with van der Waals surface area (Å²) in [6.07, 6.45) is 1.97. The quantitative estimate of drug-likeness (QED) is 0.496. The number of amides is 1. The molecule has 0 bridgehead atoms. The van der Waals surface area contributed by atoms with Crippen molar-refractivity contribution in [3.05, 3.63) is 54.0 Å². The molecule has 1 aromatic carbocycles. The molecule has 3 aromatic rings. The Balaban J connectivity index is 2.13. The van der Waals surface area contributed by atoms with Gasteiger partial charge in [-0.3, -0.25) is 4.79 Å². The summed E-state index contributed by atoms with van der Waals surface area (Å²) in [5, 5.41) is 21.5. The van der Waals surface area contributed by atoms with Gasteiger partial charge in [0.2, 0.25) is 0 Å². The molecule has 1 amide bonds. The van der Waals surface area contributed by atoms with Crippen molar-refractivity contribution in [2.24, 2.45) is 0 Å². The highest BCUT2D eigenvalue weighted by atomic mass is 16.4. The molecule has 0 saturated carbocycles. The number of nitrogens with zero attached hydrogens (tertiary/aromatic N) is 2. The normalized spacial score (nSPS) is 10.7. The monoisotopic (exact) mass is 366 g/mol. The van der Waals surface area contributed by atoms with Crippen molar-refractivity contribution >= 4 is 28.6 Å². The summed E-state index contributed by atoms with van der Waals surface area (Å²) in [5.41, 5.74) is 2.13. The van der Waals surface area contributed by atoms with Gasteiger partial charge in [0.05, 0.1) is 23.3 Å². The Bertz CT molecular complexity index is 1060. The summed E-state index contributed by atoms with van der Waals surface area (Å²) in [5.74, 6) is -1.01. The van der Waals surface area contributed by atoms with Gasteiger partial charge in [-0.25, -0.2) is 14.8 Å². The van der Waals surface area contributed by atoms with E-state index in [1.165, 1.54) is 6.20 Å². The van der Waals surface area contributed by atoms with Crippen LogP contribution in [0.2, 0.25) is 0 Å². The molecule has 0 unspecified atom stereocenters. The number of anilines is 1. The largest absolute Gasteiger partial charge is 0.478 e. The van der Waals surface area contributed by atoms with E-state index < -0.39 is 18.5 Å². The van der Waals surface area contributed by atoms with Gasteiger partial charge in [-0.15, -0.1) is 0 Å². The van der Waals surface area contributed by atoms with Crippen LogP contribution in [-0.4, -0.2) is 43.6 Å². The van der Waals surface area contributed by atoms with Crippen molar-refractivity contribution in [2.45, 2.75) is 13.3 Å². The number of fused-ring (bicyclic) bond motifs is 1. The summed E-state index contributed by atoms with van der Waals surface area (Å²) in [7, 11) is 0. The van der Waals surface area contributed by atoms with E-state index in [0.717, 1.165) is 0 Å². The number of hydrogen-bond acceptors (Lipinski definition) is 5. The molecular weight excluding hydrogens is 348 g/mol. The van der Waals surface area contributed by atoms with E-state index >= 15 is 0 Å². The lowest BCUT2D eigenvalue weighted by Gasteiger charge is -2.10. The second-order valence-corrected chi connectivity index (χ2v) is 5.87. The molecule has 8 heteroatoms. The van der Waals surface area contributed by atoms with Crippen molar-refractivity contribution in [1.29, 1.82) is 0 Å². The number of nitrogens with one attached hydrogen (secondary N) is 2. The number of carboxylic acid groups (broad SMARTS) is 1. The zero-order chi connectivity index (χ0) is 19.6. The molecule has 0 aliphatic carbocycles. The molecule has 0 atom stereocenters. The number of rotatable bonds is 6. The first kappa shape index (κ1) is 18.3. The number of carboxylic acids is 1. The highest BCUT2D eigenvalue weighted by molar-refractivity contribution is 6.08. The standard InChI is InChI=1S/C19H18N4O4/c1-3-14-22-16(15-13(19(26)27)8-20-17(15)23-14)11-5-4-6-12(7-11)21-18(25)10(2)9-24/h4-8,24H,2-3,9H2,1H3,(H,21,25)(H,26,27)(H,20,22,23). The summed E-state index contributed by atoms with van der Waals surface area (Å²) < 4.78 is 0. The van der Waals surface area contributed by atoms with E-state index in [9.17, 15) is 14.7 Å². The Kier molecular flexibility index (Phi) is 5.00. The van der Waals surface area contributed by atoms with E-state index in [2.05, 4.69) is 26.8 Å². The second-order valence-electron chi connectivity index (χ2n) is 5.87. The number of H-pyrrole nitrogens is 1. The smallest absolute Gasteiger partial charge is 0.338 e. The number of hydrogen-bond donors (Lipinski definition) is 4. The number of benzene rings is 1. The van der Waals surface area contributed by atoms with Crippen LogP contribution in [0, 0.1) is 0 Å². The van der Waals surface area contributed by atoms with Crippen LogP contribution in [-0.2, 0) is 11.2 Å². The van der Waals surface area contributed by atoms with Gasteiger partial charge in [0, 0.05) is 29.4 Å². The highest BCUT2D eigenvalue weighted by Crippen LogP contribution is 2.30. The number of aromatic nitrogens is 3. The van der Waals surface area contributed by atoms with Gasteiger partial charge in [0.25, 0.3) is 5.91 Å². The molecule has 0 aliphatic heterocycles. The SMILES string of the molecule is C=C(CO)C(=O)Nc1cccc(-c2nc(CC)nc3[nH]cc(C(=O)O)c23)c1. The van der Waals surface area contributed by atoms with Crippen molar-refractivity contribution in [3.63, 3.8) is 0 Å². The summed E-state index contributed by atoms with van der Waals surface area (Å²) in [4.78, 5) is 35.2. The fraction of sp³-hybridized carbons (Fsp3) is 0.158. The van der Waals surface area contributed by atoms with Crippen molar-refractivity contribution in [2.75, 3.05) is 11.9 Å². The van der Waals surface area contributed by atoms with Crippen LogP contribution in [0.15, 0.2) is 42.6 Å². The minimum atomic E-state index is -1.08. The number of carbonyl (C=O) groups is 2. The lowest BCUT2D eigenvalue weighted by Crippen LogP contribution is -2.15. The molecule has 0 fully saturated rings. The number of aromatic carboxylic acids is 1. The molecule has 0 radical (unpaired) electrons. The third-order valence-electron chi connectivity index (χ3n) is 4.03. The fourth-order valence-corrected chi connectivity index (χ4v) is 2.65. The summed E-state index contributed by atoms with van der Waals surface area (Å²) >= 11 is 0. The molecule has 27 heavy (non-hydrogen) atoms. The van der Waals surface area contributed by atoms with Gasteiger partial charge in [0.15, 0.2) is 0 Å². The third kappa shape index (κ3) is 3.56. The number of carbonyl (C=O) groups excluding carboxylic acids is 1. The maximum absolute atomic E-state index is 11.9. The maximum atomic E-state index is 11.9. The first-order valence-electron chi connectivity index (χ1n) is 8.26. The first-order valence-corrected chi connectivity index (χ1v) is 8.26. The average Bonchev–Trinajstić information content (AvgIpc) is 3.10. The molecule has 8 nitrogen and oxygen atoms in total. The van der Waals surface area contributed by atoms with Crippen LogP contribution in [0.5, 0.6) is 0 Å². The first-order chi connectivity index (χ1) is 12.9. The molecule has 4 N–H and O–H groups in total. The zero-order valence-electron chi connectivity index (χ0n) is 14.6. The Labute approximate surface area is 154 Å². The number of aryl methyl sites for hydroxylation is 1. The van der Waals surface area contributed by atoms with Gasteiger partial charge in [0.1, 0.15) is 11.5 Å². The van der Waals surface area contributed by atoms with Gasteiger partial charge in [-0.2, -0.15) is 0 Å². The minimum Gasteiger partial charge on any atom is -0.478 e. The van der Waals surface area contributed by atoms with Gasteiger partial charge < -0.3 is 20.5 Å². The van der Waals surface area contributed by atoms with Crippen LogP contribution >= 0.6 is 0 Å². The van der Waals surface area contributed by atoms with Crippen LogP contribution in [0.4, 0.5) is 5.69 Å². The predicted molar refractivity (Wildman–Crippen MR) is 101 cm³/mol. The second kappa shape index (κ2) is 7.38. The average molecular weight is 366 g/mol. The Morgan fingerprint density at radius 2 is 2.07 bits per heavy atom. The molecule has 0 spiro atoms. The number of aromatic amines is 1. The molecule has 2 aromatic heterocycles. The molecule has 0 aliphatic rings. The van der Waals surface area contributed by atoms with Crippen LogP contribution in [0.1, 0.15) is 23.1 Å². The maximum Gasteiger partial charge on any atom is 0.338 e. The van der Waals surface area contributed by atoms with Crippen LogP contribution < -0.4 is 5.32 Å². The van der Waals surface area contributed by atoms with Crippen molar-refractivity contribution in [1.82, 2.24) is 15.0 Å². The summed E-state index contributed by atoms with van der Waals surface area (Å²) in [6, 6.07) is 6.86. The Morgan fingerprint density at radius 1 is 1.30 bits per heavy atom. The predicted octanol–water partition coefficient (Wildman–Crippen LogP) is 2.37. The Hall–Kier alpha value is -3.52. The molecule has 2 heterocycles. The van der Waals surface area contributed by atoms with E-state index in [4.69, 9.17) is 5.11 Å². The van der Waals surface area contributed by atoms with Crippen LogP contribution in [0.25, 0.3) is 22.3 Å². The number of aliphatic hydroxyl groups excluding tert-OH is 1. The van der Waals surface area contributed by atoms with Crippen molar-refractivity contribution < 1.29 is 19.8 Å². The van der Waals surface area contributed by atoms with E-state index in [0.29, 0.717) is 40.2 Å². The van der Waals surface area contributed by atoms with Crippen LogP contribution in [0.3, 0.4) is 0 Å². The molecule has 0 saturated heterocycles. The van der Waals surface area contributed by atoms with E-state index in [1.807, 2.05) is 6.92 Å². The lowest BCUT2D eigenvalue weighted by atomic mass is 10.1. The Morgan fingerprint density at radius 3 is 2.74 bits per heavy atom. The van der Waals surface area contributed by atoms with Gasteiger partial charge >= 0.3 is 5.97 Å². The highest BCUT2D eigenvalue weighted by Gasteiger charge is 2.19. The van der Waals surface area contributed by atoms with E-state index in [-0.39, 0.29) is 11.1 Å². The topological polar surface area (TPSA) is 128 Å². The molecule has 138 valence electrons. The summed E-state index contributed by atoms with van der Waals surface area (Å²) in [6.45, 7) is 4.95. The van der Waals surface area contributed by atoms with Crippen molar-refractivity contribution in [3.8, 4) is 11.3 Å². The molecule has 3 rings (SSSR count). The zero-order valence-corrected chi connectivity index (χ0v) is 14.6. The van der Waals surface area contributed by atoms with E-state index in [1.54, 1.807) is 24.3 Å². The number of aliphatic hydroxyl groups is 1. The third-order valence-corrected chi connectivity index (χ3v) is 4.03.